The van der Waals surface area contributed by atoms with Crippen LogP contribution in [0.5, 0.6) is 0 Å². The summed E-state index contributed by atoms with van der Waals surface area (Å²) in [6.07, 6.45) is 12.9. The molecular formula is C18H16O3. The summed E-state index contributed by atoms with van der Waals surface area (Å²) in [5.41, 5.74) is 0. The predicted octanol–water partition coefficient (Wildman–Crippen LogP) is 1.75. The average molecular weight is 280 g/mol. The first-order valence-electron chi connectivity index (χ1n) is 6.36. The Morgan fingerprint density at radius 3 is 2.52 bits per heavy atom. The minimum atomic E-state index is -0.810. The Labute approximate surface area is 125 Å². The summed E-state index contributed by atoms with van der Waals surface area (Å²) < 4.78 is 0. The van der Waals surface area contributed by atoms with Gasteiger partial charge in [0.15, 0.2) is 0 Å². The number of carbonyl (C=O) groups is 1. The number of allylic oxidation sites excluding steroid dienone is 3. The Kier molecular flexibility index (Phi) is 11.7. The highest BCUT2D eigenvalue weighted by Gasteiger charge is 2.00. The molecular weight excluding hydrogens is 264 g/mol. The molecule has 106 valence electrons. The molecule has 0 saturated heterocycles. The van der Waals surface area contributed by atoms with Crippen LogP contribution in [0.25, 0.3) is 0 Å². The van der Waals surface area contributed by atoms with Crippen molar-refractivity contribution < 1.29 is 15.0 Å². The van der Waals surface area contributed by atoms with Gasteiger partial charge in [-0.2, -0.15) is 0 Å². The number of hydrogen-bond donors (Lipinski definition) is 2. The van der Waals surface area contributed by atoms with Crippen molar-refractivity contribution in [3.63, 3.8) is 0 Å². The standard InChI is InChI=1S/C18H16O3/c1-2-3-4-5-6-7-8-9-10-11-14-17(19)15-12-13-16-18(20)21/h1,9-11,14,17,19H,12-13,15-16H2,(H,20,21)/b10-9+,14-11-. The molecule has 3 heteroatoms. The second-order valence-corrected chi connectivity index (χ2v) is 3.86. The van der Waals surface area contributed by atoms with Gasteiger partial charge in [0.2, 0.25) is 0 Å². The minimum absolute atomic E-state index is 0.138. The van der Waals surface area contributed by atoms with E-state index in [0.717, 1.165) is 0 Å². The maximum absolute atomic E-state index is 10.3. The van der Waals surface area contributed by atoms with Gasteiger partial charge in [0.05, 0.1) is 6.10 Å². The van der Waals surface area contributed by atoms with Crippen molar-refractivity contribution in [1.82, 2.24) is 0 Å². The number of carboxylic acid groups (broad SMARTS) is 1. The molecule has 0 heterocycles. The molecule has 0 saturated carbocycles. The molecule has 2 N–H and O–H groups in total. The van der Waals surface area contributed by atoms with Crippen LogP contribution >= 0.6 is 0 Å². The van der Waals surface area contributed by atoms with Gasteiger partial charge in [0.25, 0.3) is 0 Å². The summed E-state index contributed by atoms with van der Waals surface area (Å²) in [5, 5.41) is 18.0. The van der Waals surface area contributed by atoms with Gasteiger partial charge in [-0.1, -0.05) is 24.1 Å². The number of aliphatic carboxylic acids is 1. The van der Waals surface area contributed by atoms with Crippen LogP contribution in [-0.2, 0) is 4.79 Å². The molecule has 0 rings (SSSR count). The van der Waals surface area contributed by atoms with E-state index in [0.29, 0.717) is 19.3 Å². The number of unbranched alkanes of at least 4 members (excludes halogenated alkanes) is 1. The fourth-order valence-corrected chi connectivity index (χ4v) is 1.23. The predicted molar refractivity (Wildman–Crippen MR) is 82.6 cm³/mol. The van der Waals surface area contributed by atoms with Gasteiger partial charge in [0, 0.05) is 6.42 Å². The first kappa shape index (κ1) is 18.1. The topological polar surface area (TPSA) is 57.5 Å². The third-order valence-electron chi connectivity index (χ3n) is 2.16. The fourth-order valence-electron chi connectivity index (χ4n) is 1.23. The summed E-state index contributed by atoms with van der Waals surface area (Å²) >= 11 is 0. The van der Waals surface area contributed by atoms with E-state index in [4.69, 9.17) is 11.5 Å². The first-order chi connectivity index (χ1) is 10.2. The molecule has 0 fully saturated rings. The highest BCUT2D eigenvalue weighted by Crippen LogP contribution is 2.04. The molecule has 21 heavy (non-hydrogen) atoms. The number of terminal acetylenes is 1. The molecule has 3 nitrogen and oxygen atoms in total. The smallest absolute Gasteiger partial charge is 0.303 e. The van der Waals surface area contributed by atoms with E-state index < -0.39 is 12.1 Å². The Balaban J connectivity index is 3.90. The summed E-state index contributed by atoms with van der Waals surface area (Å²) in [5.74, 6) is 16.3. The number of carboxylic acids is 1. The molecule has 0 aliphatic carbocycles. The van der Waals surface area contributed by atoms with Crippen molar-refractivity contribution >= 4 is 5.97 Å². The van der Waals surface area contributed by atoms with Crippen LogP contribution < -0.4 is 0 Å². The van der Waals surface area contributed by atoms with E-state index in [-0.39, 0.29) is 6.42 Å². The third-order valence-corrected chi connectivity index (χ3v) is 2.16. The lowest BCUT2D eigenvalue weighted by Crippen LogP contribution is -2.02. The molecule has 0 aliphatic heterocycles. The van der Waals surface area contributed by atoms with E-state index in [1.807, 2.05) is 0 Å². The van der Waals surface area contributed by atoms with Gasteiger partial charge in [-0.25, -0.2) is 0 Å². The summed E-state index contributed by atoms with van der Waals surface area (Å²) in [6, 6.07) is 0. The third kappa shape index (κ3) is 15.1. The molecule has 0 aliphatic rings. The van der Waals surface area contributed by atoms with E-state index >= 15 is 0 Å². The maximum atomic E-state index is 10.3. The van der Waals surface area contributed by atoms with Crippen molar-refractivity contribution in [3.8, 4) is 47.9 Å². The average Bonchev–Trinajstić information content (AvgIpc) is 2.45. The monoisotopic (exact) mass is 280 g/mol. The molecule has 1 atom stereocenters. The van der Waals surface area contributed by atoms with Crippen LogP contribution in [0.15, 0.2) is 24.3 Å². The molecule has 0 bridgehead atoms. The quantitative estimate of drug-likeness (QED) is 0.424. The highest BCUT2D eigenvalue weighted by atomic mass is 16.4. The van der Waals surface area contributed by atoms with Crippen LogP contribution in [0.3, 0.4) is 0 Å². The largest absolute Gasteiger partial charge is 0.481 e. The lowest BCUT2D eigenvalue weighted by molar-refractivity contribution is -0.137. The lowest BCUT2D eigenvalue weighted by atomic mass is 10.1. The number of hydrogen-bond acceptors (Lipinski definition) is 2. The zero-order valence-electron chi connectivity index (χ0n) is 11.6. The fraction of sp³-hybridized carbons (Fsp3) is 0.278. The zero-order chi connectivity index (χ0) is 15.8. The lowest BCUT2D eigenvalue weighted by Gasteiger charge is -2.03. The molecule has 0 aromatic heterocycles. The van der Waals surface area contributed by atoms with Crippen molar-refractivity contribution in [2.24, 2.45) is 0 Å². The van der Waals surface area contributed by atoms with Gasteiger partial charge in [-0.15, -0.1) is 6.42 Å². The van der Waals surface area contributed by atoms with Gasteiger partial charge < -0.3 is 10.2 Å². The normalized spacial score (nSPS) is 10.5. The van der Waals surface area contributed by atoms with Crippen molar-refractivity contribution in [2.45, 2.75) is 31.8 Å². The molecule has 1 unspecified atom stereocenters. The Morgan fingerprint density at radius 1 is 1.10 bits per heavy atom. The summed E-state index contributed by atoms with van der Waals surface area (Å²) in [4.78, 5) is 10.3. The van der Waals surface area contributed by atoms with E-state index in [2.05, 4.69) is 41.4 Å². The van der Waals surface area contributed by atoms with Crippen LogP contribution in [0.4, 0.5) is 0 Å². The van der Waals surface area contributed by atoms with E-state index in [1.54, 1.807) is 24.3 Å². The van der Waals surface area contributed by atoms with Crippen LogP contribution in [-0.4, -0.2) is 22.3 Å². The molecule has 0 radical (unpaired) electrons. The van der Waals surface area contributed by atoms with E-state index in [9.17, 15) is 9.90 Å². The second-order valence-electron chi connectivity index (χ2n) is 3.86. The highest BCUT2D eigenvalue weighted by molar-refractivity contribution is 5.66. The van der Waals surface area contributed by atoms with Crippen LogP contribution in [0.2, 0.25) is 0 Å². The van der Waals surface area contributed by atoms with Crippen LogP contribution in [0, 0.1) is 47.9 Å². The van der Waals surface area contributed by atoms with E-state index in [1.165, 1.54) is 0 Å². The zero-order valence-corrected chi connectivity index (χ0v) is 11.6. The van der Waals surface area contributed by atoms with Crippen molar-refractivity contribution in [3.05, 3.63) is 24.3 Å². The van der Waals surface area contributed by atoms with Gasteiger partial charge in [-0.3, -0.25) is 4.79 Å². The summed E-state index contributed by atoms with van der Waals surface area (Å²) in [6.45, 7) is 0. The van der Waals surface area contributed by atoms with Crippen molar-refractivity contribution in [1.29, 1.82) is 0 Å². The number of aliphatic hydroxyl groups is 1. The van der Waals surface area contributed by atoms with Crippen LogP contribution in [0.1, 0.15) is 25.7 Å². The number of rotatable bonds is 7. The maximum Gasteiger partial charge on any atom is 0.303 e. The number of aliphatic hydroxyl groups excluding tert-OH is 1. The Bertz CT molecular complexity index is 599. The SMILES string of the molecule is C#CC#CC#CC#C/C=C/C=C\C(O)CCCCC(=O)O. The Hall–Kier alpha value is -2.85. The van der Waals surface area contributed by atoms with Gasteiger partial charge in [0.1, 0.15) is 0 Å². The van der Waals surface area contributed by atoms with Gasteiger partial charge >= 0.3 is 5.97 Å². The van der Waals surface area contributed by atoms with Gasteiger partial charge in [-0.05, 0) is 60.9 Å². The minimum Gasteiger partial charge on any atom is -0.481 e. The molecule has 0 aromatic carbocycles. The Morgan fingerprint density at radius 2 is 1.81 bits per heavy atom. The van der Waals surface area contributed by atoms with Crippen molar-refractivity contribution in [2.75, 3.05) is 0 Å². The molecule has 0 aromatic rings. The second kappa shape index (κ2) is 13.6. The first-order valence-corrected chi connectivity index (χ1v) is 6.36. The summed E-state index contributed by atoms with van der Waals surface area (Å²) in [7, 11) is 0. The molecule has 0 spiro atoms. The molecule has 0 amide bonds.